The van der Waals surface area contributed by atoms with Crippen molar-refractivity contribution in [2.24, 2.45) is 0 Å². The van der Waals surface area contributed by atoms with Crippen molar-refractivity contribution in [1.29, 1.82) is 0 Å². The number of thiophene rings is 1. The lowest BCUT2D eigenvalue weighted by Gasteiger charge is -2.08. The molecule has 1 N–H and O–H groups in total. The number of hydrogen-bond acceptors (Lipinski definition) is 2. The Hall–Kier alpha value is -2.46. The molecular weight excluding hydrogens is 287 g/mol. The fourth-order valence-corrected chi connectivity index (χ4v) is 3.20. The quantitative estimate of drug-likeness (QED) is 0.745. The van der Waals surface area contributed by atoms with Crippen LogP contribution in [0.25, 0.3) is 21.6 Å². The fourth-order valence-electron chi connectivity index (χ4n) is 2.25. The summed E-state index contributed by atoms with van der Waals surface area (Å²) >= 11 is 1.41. The molecule has 2 aromatic carbocycles. The van der Waals surface area contributed by atoms with Gasteiger partial charge in [0.25, 0.3) is 0 Å². The maximum absolute atomic E-state index is 13.5. The molecule has 3 aromatic rings. The number of carboxylic acids is 1. The maximum Gasteiger partial charge on any atom is 0.336 e. The molecule has 0 saturated heterocycles. The zero-order valence-corrected chi connectivity index (χ0v) is 11.7. The van der Waals surface area contributed by atoms with Crippen molar-refractivity contribution >= 4 is 17.3 Å². The van der Waals surface area contributed by atoms with Crippen molar-refractivity contribution < 1.29 is 14.3 Å². The predicted octanol–water partition coefficient (Wildman–Crippen LogP) is 4.92. The zero-order chi connectivity index (χ0) is 14.8. The molecular formula is C17H11FO2S. The van der Waals surface area contributed by atoms with Crippen molar-refractivity contribution in [3.63, 3.8) is 0 Å². The summed E-state index contributed by atoms with van der Waals surface area (Å²) in [7, 11) is 0. The molecule has 0 unspecified atom stereocenters. The molecule has 4 heteroatoms. The van der Waals surface area contributed by atoms with Crippen molar-refractivity contribution in [2.75, 3.05) is 0 Å². The zero-order valence-electron chi connectivity index (χ0n) is 10.9. The fraction of sp³-hybridized carbons (Fsp3) is 0. The number of rotatable bonds is 3. The highest BCUT2D eigenvalue weighted by Crippen LogP contribution is 2.38. The Labute approximate surface area is 125 Å². The number of carbonyl (C=O) groups is 1. The third kappa shape index (κ3) is 2.58. The summed E-state index contributed by atoms with van der Waals surface area (Å²) in [5.74, 6) is -1.50. The molecule has 3 rings (SSSR count). The van der Waals surface area contributed by atoms with Gasteiger partial charge in [-0.15, -0.1) is 11.3 Å². The first kappa shape index (κ1) is 13.5. The van der Waals surface area contributed by atoms with E-state index in [4.69, 9.17) is 0 Å². The third-order valence-corrected chi connectivity index (χ3v) is 4.15. The largest absolute Gasteiger partial charge is 0.478 e. The van der Waals surface area contributed by atoms with Crippen molar-refractivity contribution in [3.05, 3.63) is 71.4 Å². The van der Waals surface area contributed by atoms with E-state index >= 15 is 0 Å². The van der Waals surface area contributed by atoms with Gasteiger partial charge in [0.2, 0.25) is 0 Å². The summed E-state index contributed by atoms with van der Waals surface area (Å²) in [4.78, 5) is 12.1. The van der Waals surface area contributed by atoms with Crippen molar-refractivity contribution in [2.45, 2.75) is 0 Å². The van der Waals surface area contributed by atoms with Crippen molar-refractivity contribution in [1.82, 2.24) is 0 Å². The number of carboxylic acid groups (broad SMARTS) is 1. The van der Waals surface area contributed by atoms with Gasteiger partial charge in [0.1, 0.15) is 5.82 Å². The van der Waals surface area contributed by atoms with E-state index in [1.807, 2.05) is 41.8 Å². The lowest BCUT2D eigenvalue weighted by molar-refractivity contribution is 0.0697. The standard InChI is InChI=1S/C17H11FO2S/c18-12-6-7-14(17(19)20)15(10-12)16-13(8-9-21-16)11-4-2-1-3-5-11/h1-10H,(H,19,20). The molecule has 0 bridgehead atoms. The molecule has 0 saturated carbocycles. The molecule has 1 aromatic heterocycles. The van der Waals surface area contributed by atoms with Crippen LogP contribution in [-0.2, 0) is 0 Å². The highest BCUT2D eigenvalue weighted by atomic mass is 32.1. The molecule has 0 aliphatic heterocycles. The highest BCUT2D eigenvalue weighted by molar-refractivity contribution is 7.14. The molecule has 0 fully saturated rings. The highest BCUT2D eigenvalue weighted by Gasteiger charge is 2.17. The van der Waals surface area contributed by atoms with Gasteiger partial charge in [-0.1, -0.05) is 30.3 Å². The van der Waals surface area contributed by atoms with Crippen LogP contribution in [0.3, 0.4) is 0 Å². The number of benzene rings is 2. The lowest BCUT2D eigenvalue weighted by atomic mass is 9.99. The Morgan fingerprint density at radius 1 is 1.00 bits per heavy atom. The van der Waals surface area contributed by atoms with Crippen LogP contribution < -0.4 is 0 Å². The second kappa shape index (κ2) is 5.50. The van der Waals surface area contributed by atoms with Gasteiger partial charge in [-0.05, 0) is 35.2 Å². The van der Waals surface area contributed by atoms with Gasteiger partial charge in [0.15, 0.2) is 0 Å². The Balaban J connectivity index is 2.21. The number of halogens is 1. The molecule has 1 heterocycles. The van der Waals surface area contributed by atoms with Gasteiger partial charge < -0.3 is 5.11 Å². The molecule has 2 nitrogen and oxygen atoms in total. The summed E-state index contributed by atoms with van der Waals surface area (Å²) in [5.41, 5.74) is 2.41. The van der Waals surface area contributed by atoms with E-state index < -0.39 is 11.8 Å². The van der Waals surface area contributed by atoms with Crippen LogP contribution in [0.4, 0.5) is 4.39 Å². The van der Waals surface area contributed by atoms with E-state index in [1.54, 1.807) is 0 Å². The summed E-state index contributed by atoms with van der Waals surface area (Å²) in [6, 6.07) is 15.3. The second-order valence-corrected chi connectivity index (χ2v) is 5.44. The monoisotopic (exact) mass is 298 g/mol. The van der Waals surface area contributed by atoms with E-state index in [1.165, 1.54) is 29.5 Å². The summed E-state index contributed by atoms with van der Waals surface area (Å²) in [6.45, 7) is 0. The normalized spacial score (nSPS) is 10.5. The molecule has 0 aliphatic rings. The first-order chi connectivity index (χ1) is 10.2. The van der Waals surface area contributed by atoms with Crippen LogP contribution in [0.1, 0.15) is 10.4 Å². The maximum atomic E-state index is 13.5. The van der Waals surface area contributed by atoms with Gasteiger partial charge in [-0.2, -0.15) is 0 Å². The molecule has 0 radical (unpaired) electrons. The van der Waals surface area contributed by atoms with Crippen LogP contribution in [0.5, 0.6) is 0 Å². The molecule has 0 aliphatic carbocycles. The Morgan fingerprint density at radius 3 is 2.48 bits per heavy atom. The predicted molar refractivity (Wildman–Crippen MR) is 82.1 cm³/mol. The van der Waals surface area contributed by atoms with Gasteiger partial charge in [0.05, 0.1) is 5.56 Å². The first-order valence-corrected chi connectivity index (χ1v) is 7.21. The van der Waals surface area contributed by atoms with Gasteiger partial charge >= 0.3 is 5.97 Å². The van der Waals surface area contributed by atoms with Crippen molar-refractivity contribution in [3.8, 4) is 21.6 Å². The van der Waals surface area contributed by atoms with Crippen LogP contribution in [0.2, 0.25) is 0 Å². The van der Waals surface area contributed by atoms with Gasteiger partial charge in [-0.25, -0.2) is 9.18 Å². The molecule has 104 valence electrons. The SMILES string of the molecule is O=C(O)c1ccc(F)cc1-c1sccc1-c1ccccc1. The Morgan fingerprint density at radius 2 is 1.76 bits per heavy atom. The molecule has 0 atom stereocenters. The summed E-state index contributed by atoms with van der Waals surface area (Å²) in [6.07, 6.45) is 0. The Kier molecular flexibility index (Phi) is 3.54. The van der Waals surface area contributed by atoms with Crippen LogP contribution in [0.15, 0.2) is 60.0 Å². The topological polar surface area (TPSA) is 37.3 Å². The Bertz CT molecular complexity index is 794. The van der Waals surface area contributed by atoms with E-state index in [0.29, 0.717) is 5.56 Å². The summed E-state index contributed by atoms with van der Waals surface area (Å²) < 4.78 is 13.5. The minimum absolute atomic E-state index is 0.107. The van der Waals surface area contributed by atoms with Gasteiger partial charge in [-0.3, -0.25) is 0 Å². The van der Waals surface area contributed by atoms with Crippen LogP contribution in [-0.4, -0.2) is 11.1 Å². The average Bonchev–Trinajstić information content (AvgIpc) is 2.97. The van der Waals surface area contributed by atoms with Crippen LogP contribution >= 0.6 is 11.3 Å². The van der Waals surface area contributed by atoms with E-state index in [2.05, 4.69) is 0 Å². The number of aromatic carboxylic acids is 1. The first-order valence-electron chi connectivity index (χ1n) is 6.33. The molecule has 0 spiro atoms. The van der Waals surface area contributed by atoms with E-state index in [9.17, 15) is 14.3 Å². The summed E-state index contributed by atoms with van der Waals surface area (Å²) in [5, 5.41) is 11.2. The third-order valence-electron chi connectivity index (χ3n) is 3.21. The molecule has 0 amide bonds. The van der Waals surface area contributed by atoms with Gasteiger partial charge in [0, 0.05) is 16.0 Å². The van der Waals surface area contributed by atoms with Crippen LogP contribution in [0, 0.1) is 5.82 Å². The lowest BCUT2D eigenvalue weighted by Crippen LogP contribution is -1.99. The average molecular weight is 298 g/mol. The number of hydrogen-bond donors (Lipinski definition) is 1. The minimum atomic E-state index is -1.06. The molecule has 21 heavy (non-hydrogen) atoms. The smallest absolute Gasteiger partial charge is 0.336 e. The van der Waals surface area contributed by atoms with E-state index in [-0.39, 0.29) is 5.56 Å². The minimum Gasteiger partial charge on any atom is -0.478 e. The van der Waals surface area contributed by atoms with E-state index in [0.717, 1.165) is 16.0 Å². The second-order valence-electron chi connectivity index (χ2n) is 4.52.